The molecule has 23 heavy (non-hydrogen) atoms. The zero-order valence-corrected chi connectivity index (χ0v) is 12.5. The second kappa shape index (κ2) is 5.66. The van der Waals surface area contributed by atoms with E-state index in [0.717, 1.165) is 28.0 Å². The number of nitrogens with two attached hydrogens (primary N) is 1. The average Bonchev–Trinajstić information content (AvgIpc) is 3.06. The van der Waals surface area contributed by atoms with E-state index < -0.39 is 0 Å². The molecule has 0 saturated carbocycles. The van der Waals surface area contributed by atoms with Gasteiger partial charge in [0.25, 0.3) is 0 Å². The van der Waals surface area contributed by atoms with Crippen molar-refractivity contribution in [2.24, 2.45) is 5.73 Å². The molecule has 4 nitrogen and oxygen atoms in total. The van der Waals surface area contributed by atoms with Crippen LogP contribution in [0, 0.1) is 0 Å². The summed E-state index contributed by atoms with van der Waals surface area (Å²) in [5.74, 6) is 0. The van der Waals surface area contributed by atoms with E-state index in [1.807, 2.05) is 54.9 Å². The molecule has 0 fully saturated rings. The minimum Gasteiger partial charge on any atom is -0.319 e. The van der Waals surface area contributed by atoms with E-state index in [4.69, 9.17) is 5.73 Å². The van der Waals surface area contributed by atoms with Crippen LogP contribution in [0.3, 0.4) is 0 Å². The van der Waals surface area contributed by atoms with Crippen LogP contribution in [0.4, 0.5) is 0 Å². The van der Waals surface area contributed by atoms with Crippen LogP contribution in [-0.2, 0) is 0 Å². The van der Waals surface area contributed by atoms with E-state index in [-0.39, 0.29) is 6.04 Å². The third-order valence-electron chi connectivity index (χ3n) is 3.97. The quantitative estimate of drug-likeness (QED) is 0.630. The Kier molecular flexibility index (Phi) is 3.37. The first-order valence-corrected chi connectivity index (χ1v) is 7.52. The fourth-order valence-electron chi connectivity index (χ4n) is 2.75. The minimum atomic E-state index is -0.248. The fourth-order valence-corrected chi connectivity index (χ4v) is 2.75. The molecule has 112 valence electrons. The first-order chi connectivity index (χ1) is 11.3. The highest BCUT2D eigenvalue weighted by molar-refractivity contribution is 5.78. The molecular formula is C19H16N4. The maximum Gasteiger partial charge on any atom is 0.100 e. The van der Waals surface area contributed by atoms with Crippen molar-refractivity contribution in [2.45, 2.75) is 6.04 Å². The summed E-state index contributed by atoms with van der Waals surface area (Å²) < 4.78 is 2.07. The first-order valence-electron chi connectivity index (χ1n) is 7.52. The fraction of sp³-hybridized carbons (Fsp3) is 0.0526. The van der Waals surface area contributed by atoms with Gasteiger partial charge in [-0.3, -0.25) is 9.55 Å². The monoisotopic (exact) mass is 300 g/mol. The number of imidazole rings is 1. The summed E-state index contributed by atoms with van der Waals surface area (Å²) in [6.07, 6.45) is 3.61. The second-order valence-corrected chi connectivity index (χ2v) is 5.43. The van der Waals surface area contributed by atoms with Gasteiger partial charge in [-0.1, -0.05) is 30.3 Å². The zero-order chi connectivity index (χ0) is 15.6. The Morgan fingerprint density at radius 2 is 1.70 bits per heavy atom. The molecule has 4 heteroatoms. The van der Waals surface area contributed by atoms with Gasteiger partial charge < -0.3 is 5.73 Å². The van der Waals surface area contributed by atoms with E-state index in [1.165, 1.54) is 0 Å². The lowest BCUT2D eigenvalue weighted by Crippen LogP contribution is -2.13. The van der Waals surface area contributed by atoms with Crippen molar-refractivity contribution in [3.8, 4) is 5.69 Å². The van der Waals surface area contributed by atoms with Crippen LogP contribution in [0.5, 0.6) is 0 Å². The Labute approximate surface area is 134 Å². The Balaban J connectivity index is 1.76. The minimum absolute atomic E-state index is 0.248. The molecule has 0 aliphatic rings. The number of aromatic nitrogens is 3. The molecule has 0 spiro atoms. The highest BCUT2D eigenvalue weighted by Crippen LogP contribution is 2.24. The lowest BCUT2D eigenvalue weighted by molar-refractivity contribution is 0.830. The Morgan fingerprint density at radius 1 is 0.870 bits per heavy atom. The molecule has 4 aromatic rings. The molecule has 0 saturated heterocycles. The molecule has 0 aliphatic carbocycles. The van der Waals surface area contributed by atoms with Gasteiger partial charge in [0.15, 0.2) is 0 Å². The molecule has 2 heterocycles. The van der Waals surface area contributed by atoms with E-state index in [9.17, 15) is 0 Å². The molecule has 2 aromatic carbocycles. The summed E-state index contributed by atoms with van der Waals surface area (Å²) in [4.78, 5) is 8.86. The molecule has 1 atom stereocenters. The van der Waals surface area contributed by atoms with Crippen LogP contribution in [0.25, 0.3) is 16.7 Å². The number of nitrogens with zero attached hydrogens (tertiary/aromatic N) is 3. The third kappa shape index (κ3) is 2.49. The predicted octanol–water partition coefficient (Wildman–Crippen LogP) is 3.47. The van der Waals surface area contributed by atoms with Gasteiger partial charge in [0.05, 0.1) is 22.8 Å². The van der Waals surface area contributed by atoms with Crippen molar-refractivity contribution in [1.82, 2.24) is 14.5 Å². The van der Waals surface area contributed by atoms with Gasteiger partial charge in [0, 0.05) is 11.9 Å². The van der Waals surface area contributed by atoms with Crippen LogP contribution >= 0.6 is 0 Å². The number of hydrogen-bond acceptors (Lipinski definition) is 3. The predicted molar refractivity (Wildman–Crippen MR) is 91.3 cm³/mol. The van der Waals surface area contributed by atoms with Gasteiger partial charge in [-0.05, 0) is 42.0 Å². The van der Waals surface area contributed by atoms with Gasteiger partial charge in [-0.15, -0.1) is 0 Å². The molecule has 1 unspecified atom stereocenters. The van der Waals surface area contributed by atoms with Crippen molar-refractivity contribution in [1.29, 1.82) is 0 Å². The molecule has 2 aromatic heterocycles. The summed E-state index contributed by atoms with van der Waals surface area (Å²) in [7, 11) is 0. The van der Waals surface area contributed by atoms with Gasteiger partial charge in [0.1, 0.15) is 6.33 Å². The van der Waals surface area contributed by atoms with Crippen LogP contribution in [0.2, 0.25) is 0 Å². The summed E-state index contributed by atoms with van der Waals surface area (Å²) in [6, 6.07) is 21.9. The number of hydrogen-bond donors (Lipinski definition) is 1. The van der Waals surface area contributed by atoms with Crippen LogP contribution in [-0.4, -0.2) is 14.5 Å². The van der Waals surface area contributed by atoms with Gasteiger partial charge in [0.2, 0.25) is 0 Å². The topological polar surface area (TPSA) is 56.7 Å². The summed E-state index contributed by atoms with van der Waals surface area (Å²) >= 11 is 0. The molecule has 0 aliphatic heterocycles. The average molecular weight is 300 g/mol. The molecule has 0 radical (unpaired) electrons. The number of para-hydroxylation sites is 1. The van der Waals surface area contributed by atoms with E-state index in [0.29, 0.717) is 0 Å². The van der Waals surface area contributed by atoms with Crippen LogP contribution in [0.1, 0.15) is 17.3 Å². The van der Waals surface area contributed by atoms with E-state index in [2.05, 4.69) is 32.7 Å². The van der Waals surface area contributed by atoms with Crippen LogP contribution < -0.4 is 5.73 Å². The van der Waals surface area contributed by atoms with Gasteiger partial charge in [-0.25, -0.2) is 4.98 Å². The third-order valence-corrected chi connectivity index (χ3v) is 3.97. The molecule has 4 rings (SSSR count). The molecule has 0 bridgehead atoms. The Bertz CT molecular complexity index is 929. The SMILES string of the molecule is NC(c1ccc2c(c1)ncn2-c1ccccc1)c1ccccn1. The summed E-state index contributed by atoms with van der Waals surface area (Å²) in [5.41, 5.74) is 11.3. The van der Waals surface area contributed by atoms with Crippen molar-refractivity contribution < 1.29 is 0 Å². The lowest BCUT2D eigenvalue weighted by Gasteiger charge is -2.11. The Morgan fingerprint density at radius 3 is 2.48 bits per heavy atom. The lowest BCUT2D eigenvalue weighted by atomic mass is 10.0. The zero-order valence-electron chi connectivity index (χ0n) is 12.5. The van der Waals surface area contributed by atoms with Crippen molar-refractivity contribution in [3.05, 3.63) is 90.5 Å². The highest BCUT2D eigenvalue weighted by Gasteiger charge is 2.12. The van der Waals surface area contributed by atoms with E-state index in [1.54, 1.807) is 6.20 Å². The summed E-state index contributed by atoms with van der Waals surface area (Å²) in [6.45, 7) is 0. The first kappa shape index (κ1) is 13.7. The number of fused-ring (bicyclic) bond motifs is 1. The maximum atomic E-state index is 6.33. The van der Waals surface area contributed by atoms with Crippen molar-refractivity contribution in [3.63, 3.8) is 0 Å². The molecular weight excluding hydrogens is 284 g/mol. The highest BCUT2D eigenvalue weighted by atomic mass is 15.0. The van der Waals surface area contributed by atoms with Crippen LogP contribution in [0.15, 0.2) is 79.3 Å². The van der Waals surface area contributed by atoms with Gasteiger partial charge in [-0.2, -0.15) is 0 Å². The molecule has 2 N–H and O–H groups in total. The maximum absolute atomic E-state index is 6.33. The standard InChI is InChI=1S/C19H16N4/c20-19(16-8-4-5-11-21-16)14-9-10-18-17(12-14)22-13-23(18)15-6-2-1-3-7-15/h1-13,19H,20H2. The Hall–Kier alpha value is -2.98. The van der Waals surface area contributed by atoms with Gasteiger partial charge >= 0.3 is 0 Å². The smallest absolute Gasteiger partial charge is 0.100 e. The largest absolute Gasteiger partial charge is 0.319 e. The van der Waals surface area contributed by atoms with E-state index >= 15 is 0 Å². The van der Waals surface area contributed by atoms with Crippen molar-refractivity contribution >= 4 is 11.0 Å². The number of pyridine rings is 1. The second-order valence-electron chi connectivity index (χ2n) is 5.43. The molecule has 0 amide bonds. The number of rotatable bonds is 3. The normalized spacial score (nSPS) is 12.4. The van der Waals surface area contributed by atoms with Crippen molar-refractivity contribution in [2.75, 3.05) is 0 Å². The summed E-state index contributed by atoms with van der Waals surface area (Å²) in [5, 5.41) is 0. The number of benzene rings is 2.